The molecule has 0 spiro atoms. The maximum absolute atomic E-state index is 14.2. The Morgan fingerprint density at radius 3 is 2.23 bits per heavy atom. The lowest BCUT2D eigenvalue weighted by Gasteiger charge is -2.24. The van der Waals surface area contributed by atoms with Crippen LogP contribution in [0.25, 0.3) is 5.69 Å². The van der Waals surface area contributed by atoms with E-state index in [-0.39, 0.29) is 48.6 Å². The highest BCUT2D eigenvalue weighted by molar-refractivity contribution is 6.30. The number of rotatable bonds is 13. The van der Waals surface area contributed by atoms with Crippen molar-refractivity contribution in [2.45, 2.75) is 71.9 Å². The molecule has 13 nitrogen and oxygen atoms in total. The van der Waals surface area contributed by atoms with E-state index in [9.17, 15) is 14.4 Å². The zero-order valence-electron chi connectivity index (χ0n) is 32.9. The van der Waals surface area contributed by atoms with Crippen molar-refractivity contribution in [3.8, 4) is 17.3 Å². The largest absolute Gasteiger partial charge is 0.497 e. The number of anilines is 1. The third-order valence-electron chi connectivity index (χ3n) is 8.77. The lowest BCUT2D eigenvalue weighted by Crippen LogP contribution is -2.35. The molecule has 0 saturated carbocycles. The molecular weight excluding hydrogens is 759 g/mol. The number of methoxy groups -OCH3 is 2. The zero-order valence-corrected chi connectivity index (χ0v) is 34.4. The van der Waals surface area contributed by atoms with Crippen LogP contribution in [0.1, 0.15) is 91.8 Å². The fourth-order valence-corrected chi connectivity index (χ4v) is 6.62. The van der Waals surface area contributed by atoms with Gasteiger partial charge >= 0.3 is 12.1 Å². The molecular formula is C41H46Cl2N6O7. The molecule has 5 rings (SSSR count). The topological polar surface area (TPSA) is 140 Å². The maximum atomic E-state index is 14.2. The van der Waals surface area contributed by atoms with Gasteiger partial charge in [-0.15, -0.1) is 0 Å². The van der Waals surface area contributed by atoms with Crippen LogP contribution in [0.2, 0.25) is 10.0 Å². The molecule has 0 N–H and O–H groups in total. The lowest BCUT2D eigenvalue weighted by molar-refractivity contribution is 0.0515. The minimum atomic E-state index is -0.744. The Kier molecular flexibility index (Phi) is 13.1. The number of pyridine rings is 1. The number of carbonyl (C=O) groups is 2. The highest BCUT2D eigenvalue weighted by Gasteiger charge is 2.34. The van der Waals surface area contributed by atoms with Gasteiger partial charge in [-0.05, 0) is 81.5 Å². The second kappa shape index (κ2) is 17.6. The van der Waals surface area contributed by atoms with Crippen LogP contribution in [-0.4, -0.2) is 69.9 Å². The summed E-state index contributed by atoms with van der Waals surface area (Å²) in [5.41, 5.74) is 2.54. The molecule has 0 fully saturated rings. The van der Waals surface area contributed by atoms with Crippen molar-refractivity contribution in [1.29, 1.82) is 0 Å². The van der Waals surface area contributed by atoms with Gasteiger partial charge in [-0.3, -0.25) is 4.79 Å². The molecule has 2 aromatic carbocycles. The fraction of sp³-hybridized carbons (Fsp3) is 0.366. The van der Waals surface area contributed by atoms with Crippen molar-refractivity contribution in [2.24, 2.45) is 0 Å². The molecule has 3 heterocycles. The molecule has 56 heavy (non-hydrogen) atoms. The summed E-state index contributed by atoms with van der Waals surface area (Å²) >= 11 is 13.1. The number of carbonyl (C=O) groups excluding carboxylic acids is 2. The first-order valence-electron chi connectivity index (χ1n) is 18.0. The van der Waals surface area contributed by atoms with E-state index in [4.69, 9.17) is 47.2 Å². The average molecular weight is 806 g/mol. The summed E-state index contributed by atoms with van der Waals surface area (Å²) in [4.78, 5) is 51.2. The van der Waals surface area contributed by atoms with Crippen molar-refractivity contribution >= 4 is 41.2 Å². The van der Waals surface area contributed by atoms with Crippen molar-refractivity contribution in [2.75, 3.05) is 32.8 Å². The van der Waals surface area contributed by atoms with Gasteiger partial charge in [0.1, 0.15) is 17.0 Å². The first-order chi connectivity index (χ1) is 26.5. The maximum Gasteiger partial charge on any atom is 0.416 e. The minimum Gasteiger partial charge on any atom is -0.497 e. The predicted octanol–water partition coefficient (Wildman–Crippen LogP) is 8.24. The van der Waals surface area contributed by atoms with Crippen molar-refractivity contribution in [1.82, 2.24) is 24.3 Å². The highest BCUT2D eigenvalue weighted by Crippen LogP contribution is 2.39. The van der Waals surface area contributed by atoms with E-state index in [1.54, 1.807) is 68.4 Å². The van der Waals surface area contributed by atoms with Gasteiger partial charge in [0.2, 0.25) is 11.8 Å². The molecule has 1 amide bonds. The first-order valence-corrected chi connectivity index (χ1v) is 18.8. The summed E-state index contributed by atoms with van der Waals surface area (Å²) in [6.45, 7) is 11.3. The summed E-state index contributed by atoms with van der Waals surface area (Å²) < 4.78 is 25.2. The molecule has 5 aromatic rings. The molecule has 1 atom stereocenters. The second-order valence-electron chi connectivity index (χ2n) is 14.3. The molecule has 0 aliphatic carbocycles. The Labute approximate surface area is 336 Å². The van der Waals surface area contributed by atoms with Gasteiger partial charge in [0, 0.05) is 35.3 Å². The Morgan fingerprint density at radius 1 is 0.964 bits per heavy atom. The van der Waals surface area contributed by atoms with Gasteiger partial charge in [0.25, 0.3) is 5.56 Å². The van der Waals surface area contributed by atoms with Crippen LogP contribution in [0, 0.1) is 0 Å². The lowest BCUT2D eigenvalue weighted by atomic mass is 9.83. The fourth-order valence-electron chi connectivity index (χ4n) is 6.25. The van der Waals surface area contributed by atoms with Crippen LogP contribution in [-0.2, 0) is 22.4 Å². The van der Waals surface area contributed by atoms with Gasteiger partial charge in [-0.1, -0.05) is 61.3 Å². The van der Waals surface area contributed by atoms with Gasteiger partial charge in [-0.2, -0.15) is 10.1 Å². The van der Waals surface area contributed by atoms with E-state index in [1.807, 2.05) is 50.2 Å². The van der Waals surface area contributed by atoms with Crippen LogP contribution in [0.4, 0.5) is 10.7 Å². The molecule has 15 heteroatoms. The standard InChI is InChI=1S/C41H46Cl2N6O7/c1-10-55-38(51)34-33(35(24(2)3)49(46-34)32-21-44-39(45-36(32)54-9)47(7)40(52)56-41(4,5)6)31(26-13-15-28(42)16-14-26)20-27-19-29(43)23-48(37(27)50)22-25-11-17-30(53-8)18-12-25/h11-19,21,23-24,31H,10,20,22H2,1-9H3. The van der Waals surface area contributed by atoms with E-state index >= 15 is 0 Å². The van der Waals surface area contributed by atoms with Crippen molar-refractivity contribution in [3.05, 3.63) is 121 Å². The Bertz CT molecular complexity index is 2250. The quantitative estimate of drug-likeness (QED) is 0.107. The first kappa shape index (κ1) is 41.8. The number of ether oxygens (including phenoxy) is 4. The Morgan fingerprint density at radius 2 is 1.64 bits per heavy atom. The van der Waals surface area contributed by atoms with Gasteiger partial charge < -0.3 is 23.5 Å². The number of aromatic nitrogens is 5. The van der Waals surface area contributed by atoms with Crippen LogP contribution in [0.3, 0.4) is 0 Å². The van der Waals surface area contributed by atoms with Crippen LogP contribution < -0.4 is 19.9 Å². The van der Waals surface area contributed by atoms with Gasteiger partial charge in [0.05, 0.1) is 44.3 Å². The Hall–Kier alpha value is -5.40. The van der Waals surface area contributed by atoms with Gasteiger partial charge in [0.15, 0.2) is 5.69 Å². The summed E-state index contributed by atoms with van der Waals surface area (Å²) in [6.07, 6.45) is 2.55. The second-order valence-corrected chi connectivity index (χ2v) is 15.2. The van der Waals surface area contributed by atoms with Gasteiger partial charge in [-0.25, -0.2) is 24.2 Å². The third-order valence-corrected chi connectivity index (χ3v) is 9.23. The molecule has 1 unspecified atom stereocenters. The third kappa shape index (κ3) is 9.51. The summed E-state index contributed by atoms with van der Waals surface area (Å²) in [6, 6.07) is 16.3. The number of hydrogen-bond donors (Lipinski definition) is 0. The number of amides is 1. The van der Waals surface area contributed by atoms with E-state index in [0.29, 0.717) is 38.3 Å². The minimum absolute atomic E-state index is 0.0230. The molecule has 0 radical (unpaired) electrons. The summed E-state index contributed by atoms with van der Waals surface area (Å²) in [5, 5.41) is 5.73. The highest BCUT2D eigenvalue weighted by atomic mass is 35.5. The van der Waals surface area contributed by atoms with E-state index in [1.165, 1.54) is 25.3 Å². The average Bonchev–Trinajstić information content (AvgIpc) is 3.56. The summed E-state index contributed by atoms with van der Waals surface area (Å²) in [7, 11) is 4.52. The van der Waals surface area contributed by atoms with Crippen LogP contribution in [0.15, 0.2) is 71.8 Å². The number of benzene rings is 2. The predicted molar refractivity (Wildman–Crippen MR) is 215 cm³/mol. The van der Waals surface area contributed by atoms with Crippen LogP contribution >= 0.6 is 23.2 Å². The smallest absolute Gasteiger partial charge is 0.416 e. The zero-order chi connectivity index (χ0) is 40.9. The summed E-state index contributed by atoms with van der Waals surface area (Å²) in [5.74, 6) is -0.735. The molecule has 3 aromatic heterocycles. The SMILES string of the molecule is CCOC(=O)c1nn(-c2cnc(N(C)C(=O)OC(C)(C)C)nc2OC)c(C(C)C)c1C(Cc1cc(Cl)cn(Cc2ccc(OC)cc2)c1=O)c1ccc(Cl)cc1. The molecule has 0 bridgehead atoms. The van der Waals surface area contributed by atoms with E-state index in [2.05, 4.69) is 9.97 Å². The Balaban J connectivity index is 1.71. The normalized spacial score (nSPS) is 12.0. The number of nitrogens with zero attached hydrogens (tertiary/aromatic N) is 6. The molecule has 0 aliphatic heterocycles. The van der Waals surface area contributed by atoms with Crippen LogP contribution in [0.5, 0.6) is 11.6 Å². The number of esters is 1. The van der Waals surface area contributed by atoms with Crippen molar-refractivity contribution in [3.63, 3.8) is 0 Å². The number of halogens is 2. The molecule has 296 valence electrons. The monoisotopic (exact) mass is 804 g/mol. The molecule has 0 aliphatic rings. The van der Waals surface area contributed by atoms with E-state index < -0.39 is 23.6 Å². The van der Waals surface area contributed by atoms with Crippen molar-refractivity contribution < 1.29 is 28.5 Å². The number of hydrogen-bond acceptors (Lipinski definition) is 10. The molecule has 0 saturated heterocycles. The van der Waals surface area contributed by atoms with E-state index in [0.717, 1.165) is 11.1 Å².